The Hall–Kier alpha value is -1.06. The lowest BCUT2D eigenvalue weighted by atomic mass is 9.87. The highest BCUT2D eigenvalue weighted by Gasteiger charge is 2.54. The Kier molecular flexibility index (Phi) is 3.37. The number of carboxylic acids is 1. The zero-order valence-corrected chi connectivity index (χ0v) is 9.56. The van der Waals surface area contributed by atoms with Gasteiger partial charge in [-0.25, -0.2) is 4.79 Å². The first kappa shape index (κ1) is 12.0. The molecule has 1 rings (SSSR count). The van der Waals surface area contributed by atoms with Gasteiger partial charge in [-0.2, -0.15) is 0 Å². The third-order valence-corrected chi connectivity index (χ3v) is 3.29. The van der Waals surface area contributed by atoms with Crippen LogP contribution in [-0.4, -0.2) is 34.0 Å². The largest absolute Gasteiger partial charge is 0.479 e. The maximum absolute atomic E-state index is 11.4. The normalized spacial score (nSPS) is 19.7. The first-order chi connectivity index (χ1) is 7.00. The molecule has 0 bridgehead atoms. The van der Waals surface area contributed by atoms with Crippen molar-refractivity contribution in [3.8, 4) is 0 Å². The second-order valence-electron chi connectivity index (χ2n) is 4.46. The maximum Gasteiger partial charge on any atom is 0.329 e. The molecule has 0 heterocycles. The molecule has 1 aliphatic rings. The number of hydrogen-bond acceptors (Lipinski definition) is 2. The van der Waals surface area contributed by atoms with Crippen molar-refractivity contribution < 1.29 is 14.7 Å². The van der Waals surface area contributed by atoms with Gasteiger partial charge in [0.25, 0.3) is 0 Å². The number of carbonyl (C=O) groups excluding carboxylic acids is 1. The molecule has 15 heavy (non-hydrogen) atoms. The van der Waals surface area contributed by atoms with Crippen molar-refractivity contribution in [1.29, 1.82) is 0 Å². The molecule has 0 radical (unpaired) electrons. The van der Waals surface area contributed by atoms with Crippen LogP contribution in [0, 0.1) is 5.92 Å². The second kappa shape index (κ2) is 4.21. The van der Waals surface area contributed by atoms with E-state index in [4.69, 9.17) is 0 Å². The van der Waals surface area contributed by atoms with E-state index in [2.05, 4.69) is 0 Å². The quantitative estimate of drug-likeness (QED) is 0.680. The van der Waals surface area contributed by atoms with Crippen LogP contribution in [0.3, 0.4) is 0 Å². The predicted molar refractivity (Wildman–Crippen MR) is 56.4 cm³/mol. The van der Waals surface area contributed by atoms with Crippen LogP contribution in [-0.2, 0) is 9.59 Å². The van der Waals surface area contributed by atoms with Crippen LogP contribution in [0.4, 0.5) is 0 Å². The number of carbonyl (C=O) groups is 2. The summed E-state index contributed by atoms with van der Waals surface area (Å²) in [6.07, 6.45) is 2.99. The molecule has 1 saturated carbocycles. The van der Waals surface area contributed by atoms with Gasteiger partial charge in [-0.15, -0.1) is 0 Å². The molecule has 4 nitrogen and oxygen atoms in total. The number of hydrogen-bond donors (Lipinski definition) is 1. The van der Waals surface area contributed by atoms with E-state index in [1.807, 2.05) is 20.8 Å². The first-order valence-corrected chi connectivity index (χ1v) is 5.47. The summed E-state index contributed by atoms with van der Waals surface area (Å²) in [5.74, 6) is -0.735. The molecule has 1 N–H and O–H groups in total. The van der Waals surface area contributed by atoms with Crippen LogP contribution in [0.25, 0.3) is 0 Å². The highest BCUT2D eigenvalue weighted by Crippen LogP contribution is 2.45. The van der Waals surface area contributed by atoms with Crippen molar-refractivity contribution in [2.75, 3.05) is 0 Å². The van der Waals surface area contributed by atoms with E-state index in [1.54, 1.807) is 0 Å². The fourth-order valence-corrected chi connectivity index (χ4v) is 2.36. The molecule has 1 fully saturated rings. The van der Waals surface area contributed by atoms with E-state index < -0.39 is 11.5 Å². The van der Waals surface area contributed by atoms with E-state index in [9.17, 15) is 14.7 Å². The van der Waals surface area contributed by atoms with Gasteiger partial charge >= 0.3 is 5.97 Å². The second-order valence-corrected chi connectivity index (χ2v) is 4.46. The van der Waals surface area contributed by atoms with Crippen molar-refractivity contribution in [1.82, 2.24) is 4.90 Å². The lowest BCUT2D eigenvalue weighted by Gasteiger charge is -2.40. The monoisotopic (exact) mass is 213 g/mol. The highest BCUT2D eigenvalue weighted by atomic mass is 16.4. The van der Waals surface area contributed by atoms with Crippen LogP contribution >= 0.6 is 0 Å². The molecule has 0 saturated heterocycles. The molecule has 1 amide bonds. The molecule has 1 unspecified atom stereocenters. The topological polar surface area (TPSA) is 57.6 Å². The fourth-order valence-electron chi connectivity index (χ4n) is 2.36. The average Bonchev–Trinajstić information content (AvgIpc) is 2.96. The van der Waals surface area contributed by atoms with E-state index in [1.165, 1.54) is 4.90 Å². The van der Waals surface area contributed by atoms with Gasteiger partial charge in [-0.3, -0.25) is 4.79 Å². The SMILES string of the molecule is CCC(C(=O)O)(C1CC1)N(C=O)C(C)C. The minimum Gasteiger partial charge on any atom is -0.479 e. The molecule has 1 aliphatic carbocycles. The maximum atomic E-state index is 11.4. The zero-order chi connectivity index (χ0) is 11.6. The highest BCUT2D eigenvalue weighted by molar-refractivity contribution is 5.82. The molecule has 0 spiro atoms. The Morgan fingerprint density at radius 1 is 1.60 bits per heavy atom. The third kappa shape index (κ3) is 1.85. The van der Waals surface area contributed by atoms with Gasteiger partial charge < -0.3 is 10.0 Å². The van der Waals surface area contributed by atoms with Gasteiger partial charge in [0, 0.05) is 6.04 Å². The summed E-state index contributed by atoms with van der Waals surface area (Å²) in [5.41, 5.74) is -0.976. The minimum absolute atomic E-state index is 0.0702. The van der Waals surface area contributed by atoms with Crippen molar-refractivity contribution in [3.05, 3.63) is 0 Å². The van der Waals surface area contributed by atoms with E-state index >= 15 is 0 Å². The Balaban J connectivity index is 3.06. The first-order valence-electron chi connectivity index (χ1n) is 5.47. The molecule has 0 aliphatic heterocycles. The zero-order valence-electron chi connectivity index (χ0n) is 9.56. The van der Waals surface area contributed by atoms with Crippen LogP contribution in [0.1, 0.15) is 40.0 Å². The Labute approximate surface area is 90.3 Å². The molecular weight excluding hydrogens is 194 g/mol. The summed E-state index contributed by atoms with van der Waals surface area (Å²) in [5, 5.41) is 9.38. The van der Waals surface area contributed by atoms with Crippen LogP contribution in [0.2, 0.25) is 0 Å². The lowest BCUT2D eigenvalue weighted by Crippen LogP contribution is -2.58. The fraction of sp³-hybridized carbons (Fsp3) is 0.818. The standard InChI is InChI=1S/C11H19NO3/c1-4-11(10(14)15,9-5-6-9)12(7-13)8(2)3/h7-9H,4-6H2,1-3H3,(H,14,15). The van der Waals surface area contributed by atoms with Crippen molar-refractivity contribution >= 4 is 12.4 Å². The molecule has 4 heteroatoms. The lowest BCUT2D eigenvalue weighted by molar-refractivity contribution is -0.159. The number of rotatable bonds is 6. The smallest absolute Gasteiger partial charge is 0.329 e. The van der Waals surface area contributed by atoms with E-state index in [0.717, 1.165) is 12.8 Å². The van der Waals surface area contributed by atoms with Crippen LogP contribution < -0.4 is 0 Å². The number of aliphatic carboxylic acids is 1. The summed E-state index contributed by atoms with van der Waals surface area (Å²) in [6.45, 7) is 5.54. The Morgan fingerprint density at radius 2 is 2.13 bits per heavy atom. The van der Waals surface area contributed by atoms with Gasteiger partial charge in [-0.05, 0) is 39.0 Å². The number of nitrogens with zero attached hydrogens (tertiary/aromatic N) is 1. The Morgan fingerprint density at radius 3 is 2.33 bits per heavy atom. The molecule has 86 valence electrons. The summed E-state index contributed by atoms with van der Waals surface area (Å²) in [7, 11) is 0. The van der Waals surface area contributed by atoms with Crippen molar-refractivity contribution in [2.45, 2.75) is 51.6 Å². The average molecular weight is 213 g/mol. The summed E-state index contributed by atoms with van der Waals surface area (Å²) in [6, 6.07) is -0.0702. The van der Waals surface area contributed by atoms with Gasteiger partial charge in [0.05, 0.1) is 0 Å². The third-order valence-electron chi connectivity index (χ3n) is 3.29. The molecule has 0 aromatic rings. The van der Waals surface area contributed by atoms with Gasteiger partial charge in [-0.1, -0.05) is 6.92 Å². The Bertz CT molecular complexity index is 261. The molecule has 0 aromatic carbocycles. The van der Waals surface area contributed by atoms with Crippen molar-refractivity contribution in [3.63, 3.8) is 0 Å². The molecular formula is C11H19NO3. The van der Waals surface area contributed by atoms with Crippen molar-refractivity contribution in [2.24, 2.45) is 5.92 Å². The van der Waals surface area contributed by atoms with E-state index in [-0.39, 0.29) is 12.0 Å². The predicted octanol–water partition coefficient (Wildman–Crippen LogP) is 1.50. The van der Waals surface area contributed by atoms with Gasteiger partial charge in [0.2, 0.25) is 6.41 Å². The molecule has 1 atom stereocenters. The van der Waals surface area contributed by atoms with Crippen LogP contribution in [0.15, 0.2) is 0 Å². The van der Waals surface area contributed by atoms with E-state index in [0.29, 0.717) is 12.8 Å². The minimum atomic E-state index is -0.976. The molecule has 0 aromatic heterocycles. The summed E-state index contributed by atoms with van der Waals surface area (Å²) >= 11 is 0. The van der Waals surface area contributed by atoms with Gasteiger partial charge in [0.15, 0.2) is 0 Å². The summed E-state index contributed by atoms with van der Waals surface area (Å²) < 4.78 is 0. The van der Waals surface area contributed by atoms with Crippen LogP contribution in [0.5, 0.6) is 0 Å². The summed E-state index contributed by atoms with van der Waals surface area (Å²) in [4.78, 5) is 24.0. The number of carboxylic acid groups (broad SMARTS) is 1. The number of amides is 1. The van der Waals surface area contributed by atoms with Gasteiger partial charge in [0.1, 0.15) is 5.54 Å².